The summed E-state index contributed by atoms with van der Waals surface area (Å²) in [6.45, 7) is 3.42. The van der Waals surface area contributed by atoms with Gasteiger partial charge in [-0.15, -0.1) is 0 Å². The Morgan fingerprint density at radius 2 is 1.53 bits per heavy atom. The van der Waals surface area contributed by atoms with Crippen LogP contribution in [0.25, 0.3) is 10.8 Å². The summed E-state index contributed by atoms with van der Waals surface area (Å²) in [5.74, 6) is -1.88. The lowest BCUT2D eigenvalue weighted by Gasteiger charge is -2.27. The van der Waals surface area contributed by atoms with Crippen LogP contribution in [-0.4, -0.2) is 36.3 Å². The van der Waals surface area contributed by atoms with Crippen LogP contribution in [0.5, 0.6) is 0 Å². The summed E-state index contributed by atoms with van der Waals surface area (Å²) in [5.41, 5.74) is 1.46. The number of amides is 3. The third kappa shape index (κ3) is 3.85. The number of esters is 1. The molecule has 0 radical (unpaired) electrons. The van der Waals surface area contributed by atoms with Gasteiger partial charge in [-0.25, -0.2) is 9.69 Å². The number of benzene rings is 3. The normalized spacial score (nSPS) is 13.8. The van der Waals surface area contributed by atoms with Crippen molar-refractivity contribution in [3.8, 4) is 0 Å². The molecule has 0 aromatic heterocycles. The Morgan fingerprint density at radius 1 is 0.938 bits per heavy atom. The highest BCUT2D eigenvalue weighted by atomic mass is 16.5. The van der Waals surface area contributed by atoms with E-state index in [4.69, 9.17) is 4.74 Å². The monoisotopic (exact) mass is 430 g/mol. The molecule has 0 saturated heterocycles. The van der Waals surface area contributed by atoms with Crippen LogP contribution in [0.3, 0.4) is 0 Å². The first-order valence-corrected chi connectivity index (χ1v) is 10.4. The van der Waals surface area contributed by atoms with Gasteiger partial charge in [0.1, 0.15) is 0 Å². The van der Waals surface area contributed by atoms with Crippen LogP contribution in [0, 0.1) is 0 Å². The Bertz CT molecular complexity index is 1180. The van der Waals surface area contributed by atoms with E-state index >= 15 is 0 Å². The number of rotatable bonds is 6. The first-order chi connectivity index (χ1) is 15.4. The molecule has 32 heavy (non-hydrogen) atoms. The van der Waals surface area contributed by atoms with Gasteiger partial charge in [0.25, 0.3) is 17.7 Å². The van der Waals surface area contributed by atoms with Crippen molar-refractivity contribution >= 4 is 40.2 Å². The largest absolute Gasteiger partial charge is 0.452 e. The second kappa shape index (κ2) is 8.63. The predicted octanol–water partition coefficient (Wildman–Crippen LogP) is 3.71. The summed E-state index contributed by atoms with van der Waals surface area (Å²) in [7, 11) is 0. The average Bonchev–Trinajstić information content (AvgIpc) is 2.81. The lowest BCUT2D eigenvalue weighted by molar-refractivity contribution is -0.124. The third-order valence-corrected chi connectivity index (χ3v) is 5.49. The van der Waals surface area contributed by atoms with Gasteiger partial charge in [-0.3, -0.25) is 14.4 Å². The van der Waals surface area contributed by atoms with Crippen LogP contribution in [-0.2, 0) is 9.53 Å². The first-order valence-electron chi connectivity index (χ1n) is 10.4. The zero-order valence-corrected chi connectivity index (χ0v) is 17.8. The summed E-state index contributed by atoms with van der Waals surface area (Å²) < 4.78 is 5.05. The molecule has 1 aliphatic rings. The molecule has 162 valence electrons. The fraction of sp³-hybridized carbons (Fsp3) is 0.200. The second-order valence-corrected chi connectivity index (χ2v) is 7.65. The summed E-state index contributed by atoms with van der Waals surface area (Å²) in [4.78, 5) is 51.3. The molecule has 3 amide bonds. The Hall–Kier alpha value is -4.00. The second-order valence-electron chi connectivity index (χ2n) is 7.65. The van der Waals surface area contributed by atoms with Gasteiger partial charge in [0.05, 0.1) is 11.3 Å². The Morgan fingerprint density at radius 3 is 2.09 bits per heavy atom. The van der Waals surface area contributed by atoms with E-state index in [0.717, 1.165) is 16.7 Å². The molecule has 0 aliphatic carbocycles. The minimum Gasteiger partial charge on any atom is -0.452 e. The van der Waals surface area contributed by atoms with Gasteiger partial charge in [0.15, 0.2) is 6.61 Å². The average molecular weight is 430 g/mol. The van der Waals surface area contributed by atoms with E-state index in [1.807, 2.05) is 26.0 Å². The lowest BCUT2D eigenvalue weighted by Crippen LogP contribution is -2.40. The summed E-state index contributed by atoms with van der Waals surface area (Å²) >= 11 is 0. The van der Waals surface area contributed by atoms with Gasteiger partial charge in [0, 0.05) is 22.6 Å². The topological polar surface area (TPSA) is 92.8 Å². The zero-order valence-electron chi connectivity index (χ0n) is 17.8. The van der Waals surface area contributed by atoms with Crippen molar-refractivity contribution in [2.24, 2.45) is 0 Å². The zero-order chi connectivity index (χ0) is 22.8. The highest BCUT2D eigenvalue weighted by molar-refractivity contribution is 6.35. The minimum atomic E-state index is -0.665. The van der Waals surface area contributed by atoms with E-state index in [-0.39, 0.29) is 24.1 Å². The van der Waals surface area contributed by atoms with Crippen LogP contribution in [0.4, 0.5) is 5.69 Å². The molecule has 0 spiro atoms. The standard InChI is InChI=1S/C25H22N2O5/c1-3-15(2)26-21(28)14-32-25(31)17-10-12-18(13-11-17)27-23(29)19-8-4-6-16-7-5-9-20(22(16)19)24(27)30/h4-13,15H,3,14H2,1-2H3,(H,26,28). The quantitative estimate of drug-likeness (QED) is 0.475. The molecule has 0 bridgehead atoms. The maximum Gasteiger partial charge on any atom is 0.338 e. The van der Waals surface area contributed by atoms with Crippen LogP contribution in [0.2, 0.25) is 0 Å². The van der Waals surface area contributed by atoms with Crippen molar-refractivity contribution in [1.82, 2.24) is 5.32 Å². The van der Waals surface area contributed by atoms with Gasteiger partial charge in [0.2, 0.25) is 0 Å². The summed E-state index contributed by atoms with van der Waals surface area (Å²) in [5, 5.41) is 4.20. The molecule has 1 atom stereocenters. The number of hydrogen-bond acceptors (Lipinski definition) is 5. The van der Waals surface area contributed by atoms with E-state index < -0.39 is 17.8 Å². The van der Waals surface area contributed by atoms with E-state index in [1.54, 1.807) is 24.3 Å². The van der Waals surface area contributed by atoms with Gasteiger partial charge in [-0.05, 0) is 55.1 Å². The molecule has 3 aromatic carbocycles. The molecule has 0 fully saturated rings. The van der Waals surface area contributed by atoms with Gasteiger partial charge in [-0.1, -0.05) is 31.2 Å². The van der Waals surface area contributed by atoms with Gasteiger partial charge in [-0.2, -0.15) is 0 Å². The van der Waals surface area contributed by atoms with Crippen LogP contribution < -0.4 is 10.2 Å². The molecule has 4 rings (SSSR count). The molecule has 3 aromatic rings. The van der Waals surface area contributed by atoms with E-state index in [9.17, 15) is 19.2 Å². The van der Waals surface area contributed by atoms with Crippen LogP contribution in [0.1, 0.15) is 51.3 Å². The smallest absolute Gasteiger partial charge is 0.338 e. The van der Waals surface area contributed by atoms with E-state index in [0.29, 0.717) is 22.2 Å². The SMILES string of the molecule is CCC(C)NC(=O)COC(=O)c1ccc(N2C(=O)c3cccc4cccc(c34)C2=O)cc1. The number of nitrogens with zero attached hydrogens (tertiary/aromatic N) is 1. The number of anilines is 1. The first kappa shape index (κ1) is 21.2. The van der Waals surface area contributed by atoms with Crippen molar-refractivity contribution in [2.45, 2.75) is 26.3 Å². The maximum atomic E-state index is 13.1. The molecule has 7 nitrogen and oxygen atoms in total. The van der Waals surface area contributed by atoms with Gasteiger partial charge < -0.3 is 10.1 Å². The number of hydrogen-bond donors (Lipinski definition) is 1. The summed E-state index contributed by atoms with van der Waals surface area (Å²) in [6, 6.07) is 16.6. The van der Waals surface area contributed by atoms with E-state index in [2.05, 4.69) is 5.32 Å². The number of imide groups is 1. The molecule has 1 N–H and O–H groups in total. The molecule has 7 heteroatoms. The summed E-state index contributed by atoms with van der Waals surface area (Å²) in [6.07, 6.45) is 0.772. The Kier molecular flexibility index (Phi) is 5.73. The molecule has 1 unspecified atom stereocenters. The number of ether oxygens (including phenoxy) is 1. The number of nitrogens with one attached hydrogen (secondary N) is 1. The van der Waals surface area contributed by atoms with Crippen molar-refractivity contribution in [3.05, 3.63) is 77.4 Å². The molecular weight excluding hydrogens is 408 g/mol. The number of carbonyl (C=O) groups excluding carboxylic acids is 4. The van der Waals surface area contributed by atoms with Crippen LogP contribution in [0.15, 0.2) is 60.7 Å². The lowest BCUT2D eigenvalue weighted by atomic mass is 9.94. The fourth-order valence-electron chi connectivity index (χ4n) is 3.64. The van der Waals surface area contributed by atoms with Gasteiger partial charge >= 0.3 is 5.97 Å². The highest BCUT2D eigenvalue weighted by Gasteiger charge is 2.33. The van der Waals surface area contributed by atoms with E-state index in [1.165, 1.54) is 24.3 Å². The fourth-order valence-corrected chi connectivity index (χ4v) is 3.64. The van der Waals surface area contributed by atoms with Crippen LogP contribution >= 0.6 is 0 Å². The Balaban J connectivity index is 1.52. The predicted molar refractivity (Wildman–Crippen MR) is 120 cm³/mol. The van der Waals surface area contributed by atoms with Crippen molar-refractivity contribution in [2.75, 3.05) is 11.5 Å². The molecule has 1 aliphatic heterocycles. The maximum absolute atomic E-state index is 13.1. The molecule has 1 heterocycles. The van der Waals surface area contributed by atoms with Crippen molar-refractivity contribution < 1.29 is 23.9 Å². The Labute approximate surface area is 185 Å². The van der Waals surface area contributed by atoms with Crippen molar-refractivity contribution in [3.63, 3.8) is 0 Å². The molecule has 0 saturated carbocycles. The highest BCUT2D eigenvalue weighted by Crippen LogP contribution is 2.32. The molecular formula is C25H22N2O5. The minimum absolute atomic E-state index is 0.00363. The number of carbonyl (C=O) groups is 4. The van der Waals surface area contributed by atoms with Crippen molar-refractivity contribution in [1.29, 1.82) is 0 Å². The third-order valence-electron chi connectivity index (χ3n) is 5.49.